The number of aromatic carboxylic acids is 1. The van der Waals surface area contributed by atoms with Crippen LogP contribution >= 0.6 is 15.9 Å². The predicted molar refractivity (Wildman–Crippen MR) is 82.2 cm³/mol. The number of halogens is 1. The summed E-state index contributed by atoms with van der Waals surface area (Å²) in [5, 5.41) is 11.6. The van der Waals surface area contributed by atoms with Crippen molar-refractivity contribution in [2.75, 3.05) is 18.4 Å². The number of hydrogen-bond donors (Lipinski definition) is 2. The van der Waals surface area contributed by atoms with Crippen molar-refractivity contribution >= 4 is 33.6 Å². The van der Waals surface area contributed by atoms with Crippen LogP contribution < -0.4 is 5.32 Å². The lowest BCUT2D eigenvalue weighted by Crippen LogP contribution is -2.35. The molecular weight excluding hydrogens is 324 g/mol. The molecule has 0 aliphatic rings. The molecule has 0 aliphatic carbocycles. The van der Waals surface area contributed by atoms with Gasteiger partial charge in [0.1, 0.15) is 0 Å². The Balaban J connectivity index is 2.84. The summed E-state index contributed by atoms with van der Waals surface area (Å²) >= 11 is 3.25. The van der Waals surface area contributed by atoms with E-state index < -0.39 is 5.97 Å². The Bertz CT molecular complexity index is 543. The number of hydrogen-bond acceptors (Lipinski definition) is 2. The van der Waals surface area contributed by atoms with E-state index in [0.29, 0.717) is 23.2 Å². The van der Waals surface area contributed by atoms with Crippen molar-refractivity contribution in [1.29, 1.82) is 0 Å². The Kier molecular flexibility index (Phi) is 5.76. The molecule has 6 heteroatoms. The second-order valence-corrected chi connectivity index (χ2v) is 5.26. The number of urea groups is 1. The summed E-state index contributed by atoms with van der Waals surface area (Å²) in [6.45, 7) is 8.56. The monoisotopic (exact) mass is 340 g/mol. The SMILES string of the molecule is C=C(C)CN(CC)C(=O)Nc1ccc(C(=O)O)cc1Br. The summed E-state index contributed by atoms with van der Waals surface area (Å²) in [5.41, 5.74) is 1.58. The fourth-order valence-corrected chi connectivity index (χ4v) is 2.07. The highest BCUT2D eigenvalue weighted by atomic mass is 79.9. The van der Waals surface area contributed by atoms with Gasteiger partial charge in [0.15, 0.2) is 0 Å². The Morgan fingerprint density at radius 2 is 2.10 bits per heavy atom. The first-order chi connectivity index (χ1) is 9.35. The van der Waals surface area contributed by atoms with Gasteiger partial charge in [0, 0.05) is 17.6 Å². The molecule has 0 heterocycles. The zero-order valence-electron chi connectivity index (χ0n) is 11.4. The van der Waals surface area contributed by atoms with Gasteiger partial charge in [-0.15, -0.1) is 0 Å². The van der Waals surface area contributed by atoms with Crippen LogP contribution in [0.2, 0.25) is 0 Å². The van der Waals surface area contributed by atoms with Gasteiger partial charge in [0.2, 0.25) is 0 Å². The number of anilines is 1. The van der Waals surface area contributed by atoms with Crippen molar-refractivity contribution in [1.82, 2.24) is 4.90 Å². The molecule has 0 aromatic heterocycles. The highest BCUT2D eigenvalue weighted by Gasteiger charge is 2.14. The van der Waals surface area contributed by atoms with Crippen molar-refractivity contribution in [3.63, 3.8) is 0 Å². The molecule has 108 valence electrons. The van der Waals surface area contributed by atoms with Crippen molar-refractivity contribution in [2.45, 2.75) is 13.8 Å². The lowest BCUT2D eigenvalue weighted by molar-refractivity contribution is 0.0697. The molecular formula is C14H17BrN2O3. The van der Waals surface area contributed by atoms with Crippen molar-refractivity contribution in [3.8, 4) is 0 Å². The summed E-state index contributed by atoms with van der Waals surface area (Å²) in [7, 11) is 0. The van der Waals surface area contributed by atoms with Crippen LogP contribution in [0.25, 0.3) is 0 Å². The number of carbonyl (C=O) groups is 2. The summed E-state index contributed by atoms with van der Waals surface area (Å²) in [6, 6.07) is 4.20. The molecule has 1 rings (SSSR count). The lowest BCUT2D eigenvalue weighted by atomic mass is 10.2. The number of carboxylic acids is 1. The zero-order chi connectivity index (χ0) is 15.3. The molecule has 0 saturated heterocycles. The molecule has 0 spiro atoms. The fraction of sp³-hybridized carbons (Fsp3) is 0.286. The van der Waals surface area contributed by atoms with Gasteiger partial charge in [-0.2, -0.15) is 0 Å². The highest BCUT2D eigenvalue weighted by Crippen LogP contribution is 2.24. The molecule has 0 bridgehead atoms. The van der Waals surface area contributed by atoms with Gasteiger partial charge in [-0.3, -0.25) is 0 Å². The maximum atomic E-state index is 12.1. The first kappa shape index (κ1) is 16.2. The number of nitrogens with zero attached hydrogens (tertiary/aromatic N) is 1. The van der Waals surface area contributed by atoms with E-state index in [-0.39, 0.29) is 11.6 Å². The van der Waals surface area contributed by atoms with Gasteiger partial charge in [-0.1, -0.05) is 12.2 Å². The van der Waals surface area contributed by atoms with E-state index in [4.69, 9.17) is 5.11 Å². The molecule has 0 aliphatic heterocycles. The van der Waals surface area contributed by atoms with Crippen LogP contribution in [-0.2, 0) is 0 Å². The average molecular weight is 341 g/mol. The number of benzene rings is 1. The quantitative estimate of drug-likeness (QED) is 0.805. The molecule has 2 N–H and O–H groups in total. The summed E-state index contributed by atoms with van der Waals surface area (Å²) in [5.74, 6) is -1.01. The Morgan fingerprint density at radius 1 is 1.45 bits per heavy atom. The van der Waals surface area contributed by atoms with Crippen molar-refractivity contribution in [2.24, 2.45) is 0 Å². The molecule has 0 fully saturated rings. The van der Waals surface area contributed by atoms with E-state index in [0.717, 1.165) is 5.57 Å². The van der Waals surface area contributed by atoms with Crippen molar-refractivity contribution < 1.29 is 14.7 Å². The number of carboxylic acid groups (broad SMARTS) is 1. The van der Waals surface area contributed by atoms with Gasteiger partial charge in [0.25, 0.3) is 0 Å². The number of carbonyl (C=O) groups excluding carboxylic acids is 1. The third-order valence-corrected chi connectivity index (χ3v) is 3.24. The van der Waals surface area contributed by atoms with Crippen LogP contribution in [0.15, 0.2) is 34.8 Å². The molecule has 1 aromatic carbocycles. The summed E-state index contributed by atoms with van der Waals surface area (Å²) in [4.78, 5) is 24.5. The third-order valence-electron chi connectivity index (χ3n) is 2.59. The van der Waals surface area contributed by atoms with Crippen LogP contribution in [0.1, 0.15) is 24.2 Å². The van der Waals surface area contributed by atoms with E-state index in [1.807, 2.05) is 13.8 Å². The smallest absolute Gasteiger partial charge is 0.335 e. The number of rotatable bonds is 5. The maximum absolute atomic E-state index is 12.1. The zero-order valence-corrected chi connectivity index (χ0v) is 13.0. The fourth-order valence-electron chi connectivity index (χ4n) is 1.60. The van der Waals surface area contributed by atoms with Crippen molar-refractivity contribution in [3.05, 3.63) is 40.4 Å². The minimum absolute atomic E-state index is 0.157. The van der Waals surface area contributed by atoms with E-state index >= 15 is 0 Å². The van der Waals surface area contributed by atoms with Crippen LogP contribution in [0.5, 0.6) is 0 Å². The normalized spacial score (nSPS) is 9.95. The van der Waals surface area contributed by atoms with E-state index in [1.54, 1.807) is 11.0 Å². The molecule has 1 aromatic rings. The largest absolute Gasteiger partial charge is 0.478 e. The number of amides is 2. The van der Waals surface area contributed by atoms with Gasteiger partial charge in [0.05, 0.1) is 11.3 Å². The summed E-state index contributed by atoms with van der Waals surface area (Å²) in [6.07, 6.45) is 0. The van der Waals surface area contributed by atoms with Crippen LogP contribution in [-0.4, -0.2) is 35.1 Å². The topological polar surface area (TPSA) is 69.6 Å². The Morgan fingerprint density at radius 3 is 2.55 bits per heavy atom. The second-order valence-electron chi connectivity index (χ2n) is 4.40. The highest BCUT2D eigenvalue weighted by molar-refractivity contribution is 9.10. The molecule has 2 amide bonds. The number of likely N-dealkylation sites (N-methyl/N-ethyl adjacent to an activating group) is 1. The molecule has 0 atom stereocenters. The Labute approximate surface area is 126 Å². The van der Waals surface area contributed by atoms with E-state index in [2.05, 4.69) is 27.8 Å². The molecule has 0 radical (unpaired) electrons. The second kappa shape index (κ2) is 7.09. The standard InChI is InChI=1S/C14H17BrN2O3/c1-4-17(8-9(2)3)14(20)16-12-6-5-10(13(18)19)7-11(12)15/h5-7H,2,4,8H2,1,3H3,(H,16,20)(H,18,19). The minimum Gasteiger partial charge on any atom is -0.478 e. The lowest BCUT2D eigenvalue weighted by Gasteiger charge is -2.21. The first-order valence-electron chi connectivity index (χ1n) is 6.08. The molecule has 0 saturated carbocycles. The van der Waals surface area contributed by atoms with Gasteiger partial charge >= 0.3 is 12.0 Å². The molecule has 5 nitrogen and oxygen atoms in total. The van der Waals surface area contributed by atoms with Crippen LogP contribution in [0.3, 0.4) is 0 Å². The molecule has 0 unspecified atom stereocenters. The first-order valence-corrected chi connectivity index (χ1v) is 6.87. The van der Waals surface area contributed by atoms with Crippen LogP contribution in [0, 0.1) is 0 Å². The number of nitrogens with one attached hydrogen (secondary N) is 1. The predicted octanol–water partition coefficient (Wildman–Crippen LogP) is 3.58. The van der Waals surface area contributed by atoms with E-state index in [1.165, 1.54) is 12.1 Å². The van der Waals surface area contributed by atoms with Gasteiger partial charge < -0.3 is 15.3 Å². The summed E-state index contributed by atoms with van der Waals surface area (Å²) < 4.78 is 0.525. The van der Waals surface area contributed by atoms with Gasteiger partial charge in [-0.05, 0) is 48.0 Å². The van der Waals surface area contributed by atoms with Gasteiger partial charge in [-0.25, -0.2) is 9.59 Å². The third kappa shape index (κ3) is 4.38. The molecule has 20 heavy (non-hydrogen) atoms. The maximum Gasteiger partial charge on any atom is 0.335 e. The van der Waals surface area contributed by atoms with Crippen LogP contribution in [0.4, 0.5) is 10.5 Å². The van der Waals surface area contributed by atoms with E-state index in [9.17, 15) is 9.59 Å². The Hall–Kier alpha value is -1.82. The average Bonchev–Trinajstić information content (AvgIpc) is 2.37. The minimum atomic E-state index is -1.01.